The third-order valence-corrected chi connectivity index (χ3v) is 4.09. The van der Waals surface area contributed by atoms with Gasteiger partial charge in [-0.1, -0.05) is 6.92 Å². The Balaban J connectivity index is 2.01. The van der Waals surface area contributed by atoms with Crippen molar-refractivity contribution in [2.75, 3.05) is 12.4 Å². The highest BCUT2D eigenvalue weighted by atomic mass is 32.2. The highest BCUT2D eigenvalue weighted by molar-refractivity contribution is 7.99. The average molecular weight is 188 g/mol. The first-order valence-corrected chi connectivity index (χ1v) is 6.10. The van der Waals surface area contributed by atoms with Crippen LogP contribution < -0.4 is 0 Å². The van der Waals surface area contributed by atoms with Gasteiger partial charge in [0.05, 0.1) is 0 Å². The lowest BCUT2D eigenvalue weighted by molar-refractivity contribution is 0.296. The van der Waals surface area contributed by atoms with E-state index < -0.39 is 0 Å². The van der Waals surface area contributed by atoms with E-state index in [1.807, 2.05) is 0 Å². The van der Waals surface area contributed by atoms with E-state index in [-0.39, 0.29) is 0 Å². The van der Waals surface area contributed by atoms with Gasteiger partial charge in [-0.05, 0) is 43.8 Å². The molecule has 1 rings (SSSR count). The van der Waals surface area contributed by atoms with Gasteiger partial charge in [0, 0.05) is 11.9 Å². The Kier molecular flexibility index (Phi) is 5.08. The summed E-state index contributed by atoms with van der Waals surface area (Å²) in [5.74, 6) is 2.11. The maximum absolute atomic E-state index is 8.62. The van der Waals surface area contributed by atoms with Gasteiger partial charge in [0.2, 0.25) is 0 Å². The van der Waals surface area contributed by atoms with Gasteiger partial charge in [-0.2, -0.15) is 11.8 Å². The predicted molar refractivity (Wildman–Crippen MR) is 55.6 cm³/mol. The monoisotopic (exact) mass is 188 g/mol. The van der Waals surface area contributed by atoms with Crippen molar-refractivity contribution in [3.05, 3.63) is 0 Å². The van der Waals surface area contributed by atoms with E-state index >= 15 is 0 Å². The highest BCUT2D eigenvalue weighted by Crippen LogP contribution is 2.31. The van der Waals surface area contributed by atoms with Crippen LogP contribution in [0.15, 0.2) is 0 Å². The van der Waals surface area contributed by atoms with Crippen molar-refractivity contribution in [2.24, 2.45) is 5.92 Å². The van der Waals surface area contributed by atoms with Gasteiger partial charge in [0.25, 0.3) is 0 Å². The molecule has 0 saturated heterocycles. The number of aliphatic hydroxyl groups is 1. The summed E-state index contributed by atoms with van der Waals surface area (Å²) >= 11 is 2.06. The Labute approximate surface area is 79.9 Å². The standard InChI is InChI=1S/C10H20OS/c1-9-3-5-10(6-4-9)12-8-2-7-11/h9-11H,2-8H2,1H3. The number of hydrogen-bond donors (Lipinski definition) is 1. The van der Waals surface area contributed by atoms with Gasteiger partial charge in [-0.25, -0.2) is 0 Å². The number of rotatable bonds is 4. The Morgan fingerprint density at radius 1 is 1.25 bits per heavy atom. The Hall–Kier alpha value is 0.310. The molecule has 0 atom stereocenters. The van der Waals surface area contributed by atoms with E-state index in [1.165, 1.54) is 25.7 Å². The smallest absolute Gasteiger partial charge is 0.0438 e. The molecule has 0 aromatic heterocycles. The summed E-state index contributed by atoms with van der Waals surface area (Å²) in [6, 6.07) is 0. The topological polar surface area (TPSA) is 20.2 Å². The molecule has 1 N–H and O–H groups in total. The largest absolute Gasteiger partial charge is 0.396 e. The molecule has 0 aromatic rings. The molecule has 0 aromatic carbocycles. The molecule has 0 spiro atoms. The van der Waals surface area contributed by atoms with Crippen LogP contribution in [0.25, 0.3) is 0 Å². The lowest BCUT2D eigenvalue weighted by atomic mass is 9.91. The molecule has 2 heteroatoms. The van der Waals surface area contributed by atoms with Crippen LogP contribution in [-0.2, 0) is 0 Å². The van der Waals surface area contributed by atoms with Crippen LogP contribution in [0.4, 0.5) is 0 Å². The number of aliphatic hydroxyl groups excluding tert-OH is 1. The minimum Gasteiger partial charge on any atom is -0.396 e. The molecule has 1 nitrogen and oxygen atoms in total. The molecule has 1 fully saturated rings. The second-order valence-corrected chi connectivity index (χ2v) is 5.24. The van der Waals surface area contributed by atoms with E-state index in [4.69, 9.17) is 5.11 Å². The first-order chi connectivity index (χ1) is 5.83. The van der Waals surface area contributed by atoms with Crippen LogP contribution in [0, 0.1) is 5.92 Å². The molecular formula is C10H20OS. The van der Waals surface area contributed by atoms with Crippen LogP contribution in [-0.4, -0.2) is 22.7 Å². The summed E-state index contributed by atoms with van der Waals surface area (Å²) in [6.45, 7) is 2.71. The molecule has 0 bridgehead atoms. The Morgan fingerprint density at radius 3 is 2.50 bits per heavy atom. The van der Waals surface area contributed by atoms with Crippen molar-refractivity contribution < 1.29 is 5.11 Å². The first-order valence-electron chi connectivity index (χ1n) is 5.05. The molecule has 0 aliphatic heterocycles. The van der Waals surface area contributed by atoms with E-state index in [0.717, 1.165) is 23.3 Å². The van der Waals surface area contributed by atoms with Gasteiger partial charge >= 0.3 is 0 Å². The highest BCUT2D eigenvalue weighted by Gasteiger charge is 2.17. The zero-order chi connectivity index (χ0) is 8.81. The Bertz CT molecular complexity index is 108. The van der Waals surface area contributed by atoms with Crippen LogP contribution in [0.3, 0.4) is 0 Å². The van der Waals surface area contributed by atoms with Crippen LogP contribution in [0.2, 0.25) is 0 Å². The minimum atomic E-state index is 0.357. The lowest BCUT2D eigenvalue weighted by Gasteiger charge is -2.25. The van der Waals surface area contributed by atoms with Gasteiger partial charge in [0.15, 0.2) is 0 Å². The summed E-state index contributed by atoms with van der Waals surface area (Å²) in [6.07, 6.45) is 6.60. The molecule has 0 unspecified atom stereocenters. The van der Waals surface area contributed by atoms with E-state index in [9.17, 15) is 0 Å². The third kappa shape index (κ3) is 3.81. The fourth-order valence-electron chi connectivity index (χ4n) is 1.71. The maximum Gasteiger partial charge on any atom is 0.0438 e. The summed E-state index contributed by atoms with van der Waals surface area (Å²) in [7, 11) is 0. The Morgan fingerprint density at radius 2 is 1.92 bits per heavy atom. The third-order valence-electron chi connectivity index (χ3n) is 2.62. The molecule has 72 valence electrons. The van der Waals surface area contributed by atoms with Crippen molar-refractivity contribution in [3.8, 4) is 0 Å². The van der Waals surface area contributed by atoms with Crippen molar-refractivity contribution in [1.82, 2.24) is 0 Å². The average Bonchev–Trinajstić information content (AvgIpc) is 2.09. The fourth-order valence-corrected chi connectivity index (χ4v) is 2.95. The fraction of sp³-hybridized carbons (Fsp3) is 1.00. The lowest BCUT2D eigenvalue weighted by Crippen LogP contribution is -2.14. The van der Waals surface area contributed by atoms with Crippen molar-refractivity contribution >= 4 is 11.8 Å². The van der Waals surface area contributed by atoms with Gasteiger partial charge in [0.1, 0.15) is 0 Å². The first kappa shape index (κ1) is 10.4. The summed E-state index contributed by atoms with van der Waals surface area (Å²) in [4.78, 5) is 0. The molecule has 12 heavy (non-hydrogen) atoms. The molecule has 1 saturated carbocycles. The molecular weight excluding hydrogens is 168 g/mol. The summed E-state index contributed by atoms with van der Waals surface area (Å²) < 4.78 is 0. The van der Waals surface area contributed by atoms with Crippen LogP contribution >= 0.6 is 11.8 Å². The summed E-state index contributed by atoms with van der Waals surface area (Å²) in [5.41, 5.74) is 0. The normalized spacial score (nSPS) is 30.5. The van der Waals surface area contributed by atoms with Crippen molar-refractivity contribution in [2.45, 2.75) is 44.3 Å². The molecule has 0 radical (unpaired) electrons. The van der Waals surface area contributed by atoms with Crippen molar-refractivity contribution in [1.29, 1.82) is 0 Å². The number of thioether (sulfide) groups is 1. The number of hydrogen-bond acceptors (Lipinski definition) is 2. The molecule has 1 aliphatic carbocycles. The van der Waals surface area contributed by atoms with E-state index in [2.05, 4.69) is 18.7 Å². The zero-order valence-electron chi connectivity index (χ0n) is 7.96. The molecule has 1 aliphatic rings. The minimum absolute atomic E-state index is 0.357. The zero-order valence-corrected chi connectivity index (χ0v) is 8.78. The SMILES string of the molecule is CC1CCC(SCCCO)CC1. The van der Waals surface area contributed by atoms with Gasteiger partial charge in [-0.3, -0.25) is 0 Å². The van der Waals surface area contributed by atoms with Crippen LogP contribution in [0.1, 0.15) is 39.0 Å². The summed E-state index contributed by atoms with van der Waals surface area (Å²) in [5, 5.41) is 9.52. The maximum atomic E-state index is 8.62. The second kappa shape index (κ2) is 5.87. The molecule has 0 heterocycles. The quantitative estimate of drug-likeness (QED) is 0.684. The van der Waals surface area contributed by atoms with Gasteiger partial charge < -0.3 is 5.11 Å². The van der Waals surface area contributed by atoms with E-state index in [0.29, 0.717) is 6.61 Å². The second-order valence-electron chi connectivity index (χ2n) is 3.83. The van der Waals surface area contributed by atoms with Crippen LogP contribution in [0.5, 0.6) is 0 Å². The van der Waals surface area contributed by atoms with E-state index in [1.54, 1.807) is 0 Å². The molecule has 0 amide bonds. The van der Waals surface area contributed by atoms with Crippen molar-refractivity contribution in [3.63, 3.8) is 0 Å². The van der Waals surface area contributed by atoms with Gasteiger partial charge in [-0.15, -0.1) is 0 Å². The predicted octanol–water partition coefficient (Wildman–Crippen LogP) is 2.68.